The zero-order valence-corrected chi connectivity index (χ0v) is 25.3. The first-order valence-corrected chi connectivity index (χ1v) is 14.1. The maximum atomic E-state index is 13.0. The Hall–Kier alpha value is -2.51. The quantitative estimate of drug-likeness (QED) is 0.152. The van der Waals surface area contributed by atoms with E-state index in [4.69, 9.17) is 44.9 Å². The van der Waals surface area contributed by atoms with Crippen LogP contribution in [0, 0.1) is 10.5 Å². The van der Waals surface area contributed by atoms with Gasteiger partial charge in [0.1, 0.15) is 6.61 Å². The van der Waals surface area contributed by atoms with Crippen LogP contribution >= 0.6 is 69.8 Å². The molecule has 1 fully saturated rings. The van der Waals surface area contributed by atoms with Gasteiger partial charge in [-0.15, -0.1) is 0 Å². The van der Waals surface area contributed by atoms with E-state index in [1.54, 1.807) is 31.4 Å². The molecule has 7 nitrogen and oxygen atoms in total. The molecule has 0 spiro atoms. The van der Waals surface area contributed by atoms with Crippen molar-refractivity contribution in [2.45, 2.75) is 13.5 Å². The summed E-state index contributed by atoms with van der Waals surface area (Å²) in [6.07, 6.45) is 1.69. The molecule has 3 amide bonds. The predicted octanol–water partition coefficient (Wildman–Crippen LogP) is 7.43. The summed E-state index contributed by atoms with van der Waals surface area (Å²) in [4.78, 5) is 25.8. The van der Waals surface area contributed by atoms with Crippen LogP contribution in [0.5, 0.6) is 11.5 Å². The molecule has 1 aliphatic rings. The standard InChI is InChI=1S/C26H20Cl2IN3O4S2/c1-14-3-5-15(6-4-14)13-36-23-20(29)9-16(10-21(23)35-2)11-22-24(33)32(26(37)38-22)31-25(34)30-17-7-8-18(27)19(28)12-17/h3-12H,13H2,1-2H3,(H2,30,31,34)/b22-11-. The van der Waals surface area contributed by atoms with Gasteiger partial charge in [-0.3, -0.25) is 4.79 Å². The fraction of sp³-hybridized carbons (Fsp3) is 0.115. The maximum Gasteiger partial charge on any atom is 0.338 e. The van der Waals surface area contributed by atoms with Crippen LogP contribution in [0.25, 0.3) is 6.08 Å². The van der Waals surface area contributed by atoms with E-state index in [9.17, 15) is 9.59 Å². The number of halogens is 3. The van der Waals surface area contributed by atoms with Crippen LogP contribution in [-0.4, -0.2) is 28.4 Å². The Morgan fingerprint density at radius 2 is 1.87 bits per heavy atom. The first-order valence-electron chi connectivity index (χ1n) is 11.0. The van der Waals surface area contributed by atoms with E-state index in [-0.39, 0.29) is 9.34 Å². The summed E-state index contributed by atoms with van der Waals surface area (Å²) in [5.74, 6) is 0.682. The second kappa shape index (κ2) is 12.6. The number of nitrogens with zero attached hydrogens (tertiary/aromatic N) is 1. The van der Waals surface area contributed by atoms with Crippen LogP contribution in [0.3, 0.4) is 0 Å². The van der Waals surface area contributed by atoms with Crippen molar-refractivity contribution in [3.63, 3.8) is 0 Å². The summed E-state index contributed by atoms with van der Waals surface area (Å²) in [7, 11) is 1.56. The van der Waals surface area contributed by atoms with E-state index in [1.165, 1.54) is 11.6 Å². The summed E-state index contributed by atoms with van der Waals surface area (Å²) in [5, 5.41) is 4.25. The molecule has 0 atom stereocenters. The Balaban J connectivity index is 1.46. The van der Waals surface area contributed by atoms with Crippen molar-refractivity contribution >= 4 is 97.8 Å². The molecule has 3 aromatic carbocycles. The van der Waals surface area contributed by atoms with Gasteiger partial charge in [-0.05, 0) is 89.3 Å². The number of anilines is 1. The molecule has 196 valence electrons. The number of methoxy groups -OCH3 is 1. The molecular formula is C26H20Cl2IN3O4S2. The summed E-state index contributed by atoms with van der Waals surface area (Å²) in [6, 6.07) is 15.7. The Bertz CT molecular complexity index is 1450. The second-order valence-corrected chi connectivity index (χ2v) is 11.7. The minimum absolute atomic E-state index is 0.185. The summed E-state index contributed by atoms with van der Waals surface area (Å²) < 4.78 is 12.6. The van der Waals surface area contributed by atoms with Crippen LogP contribution in [0.4, 0.5) is 10.5 Å². The molecular weight excluding hydrogens is 680 g/mol. The monoisotopic (exact) mass is 699 g/mol. The molecule has 3 aromatic rings. The number of hydrogen-bond acceptors (Lipinski definition) is 6. The van der Waals surface area contributed by atoms with Gasteiger partial charge in [0.25, 0.3) is 5.91 Å². The van der Waals surface area contributed by atoms with Gasteiger partial charge in [-0.2, -0.15) is 5.01 Å². The predicted molar refractivity (Wildman–Crippen MR) is 165 cm³/mol. The highest BCUT2D eigenvalue weighted by Gasteiger charge is 2.33. The molecule has 0 saturated carbocycles. The smallest absolute Gasteiger partial charge is 0.338 e. The number of amides is 3. The van der Waals surface area contributed by atoms with Gasteiger partial charge in [0.15, 0.2) is 15.8 Å². The fourth-order valence-electron chi connectivity index (χ4n) is 3.35. The van der Waals surface area contributed by atoms with Crippen LogP contribution in [0.1, 0.15) is 16.7 Å². The van der Waals surface area contributed by atoms with Crippen LogP contribution in [0.15, 0.2) is 59.5 Å². The maximum absolute atomic E-state index is 13.0. The molecule has 0 unspecified atom stereocenters. The van der Waals surface area contributed by atoms with Crippen molar-refractivity contribution in [1.82, 2.24) is 10.4 Å². The molecule has 2 N–H and O–H groups in total. The Labute approximate surface area is 252 Å². The third-order valence-corrected chi connectivity index (χ3v) is 8.08. The van der Waals surface area contributed by atoms with Crippen molar-refractivity contribution in [2.24, 2.45) is 0 Å². The van der Waals surface area contributed by atoms with Gasteiger partial charge >= 0.3 is 6.03 Å². The van der Waals surface area contributed by atoms with Gasteiger partial charge in [0.2, 0.25) is 0 Å². The lowest BCUT2D eigenvalue weighted by atomic mass is 10.1. The highest BCUT2D eigenvalue weighted by Crippen LogP contribution is 2.37. The van der Waals surface area contributed by atoms with Gasteiger partial charge in [-0.1, -0.05) is 64.8 Å². The third kappa shape index (κ3) is 6.92. The number of aryl methyl sites for hydroxylation is 1. The zero-order valence-electron chi connectivity index (χ0n) is 20.0. The third-order valence-electron chi connectivity index (χ3n) is 5.24. The molecule has 0 bridgehead atoms. The number of thiocarbonyl (C=S) groups is 1. The molecule has 0 aliphatic carbocycles. The van der Waals surface area contributed by atoms with E-state index in [2.05, 4.69) is 33.3 Å². The van der Waals surface area contributed by atoms with Crippen LogP contribution in [0.2, 0.25) is 10.0 Å². The Kier molecular flexibility index (Phi) is 9.42. The van der Waals surface area contributed by atoms with Gasteiger partial charge < -0.3 is 14.8 Å². The largest absolute Gasteiger partial charge is 0.493 e. The Morgan fingerprint density at radius 3 is 2.55 bits per heavy atom. The number of carbonyl (C=O) groups is 2. The first-order chi connectivity index (χ1) is 18.1. The highest BCUT2D eigenvalue weighted by atomic mass is 127. The van der Waals surface area contributed by atoms with Crippen molar-refractivity contribution in [3.8, 4) is 11.5 Å². The van der Waals surface area contributed by atoms with E-state index >= 15 is 0 Å². The topological polar surface area (TPSA) is 79.9 Å². The Morgan fingerprint density at radius 1 is 1.13 bits per heavy atom. The van der Waals surface area contributed by atoms with Gasteiger partial charge in [-0.25, -0.2) is 10.2 Å². The molecule has 0 radical (unpaired) electrons. The average molecular weight is 700 g/mol. The molecule has 38 heavy (non-hydrogen) atoms. The highest BCUT2D eigenvalue weighted by molar-refractivity contribution is 14.1. The van der Waals surface area contributed by atoms with E-state index < -0.39 is 11.9 Å². The molecule has 12 heteroatoms. The van der Waals surface area contributed by atoms with E-state index in [0.717, 1.165) is 31.5 Å². The van der Waals surface area contributed by atoms with Crippen molar-refractivity contribution in [1.29, 1.82) is 0 Å². The van der Waals surface area contributed by atoms with Crippen LogP contribution in [-0.2, 0) is 11.4 Å². The first kappa shape index (κ1) is 28.5. The fourth-order valence-corrected chi connectivity index (χ4v) is 5.61. The summed E-state index contributed by atoms with van der Waals surface area (Å²) >= 11 is 20.4. The lowest BCUT2D eigenvalue weighted by molar-refractivity contribution is -0.123. The van der Waals surface area contributed by atoms with E-state index in [0.29, 0.717) is 33.7 Å². The number of hydrazine groups is 1. The SMILES string of the molecule is COc1cc(/C=C2\SC(=S)N(NC(=O)Nc3ccc(Cl)c(Cl)c3)C2=O)cc(I)c1OCc1ccc(C)cc1. The number of ether oxygens (including phenoxy) is 2. The minimum Gasteiger partial charge on any atom is -0.493 e. The van der Waals surface area contributed by atoms with Crippen molar-refractivity contribution in [3.05, 3.63) is 89.8 Å². The molecule has 1 saturated heterocycles. The molecule has 1 aliphatic heterocycles. The van der Waals surface area contributed by atoms with Gasteiger partial charge in [0.05, 0.1) is 25.6 Å². The number of hydrogen-bond donors (Lipinski definition) is 2. The number of rotatable bonds is 7. The lowest BCUT2D eigenvalue weighted by Gasteiger charge is -2.16. The zero-order chi connectivity index (χ0) is 27.4. The number of urea groups is 1. The summed E-state index contributed by atoms with van der Waals surface area (Å²) in [6.45, 7) is 2.42. The second-order valence-electron chi connectivity index (χ2n) is 8.02. The average Bonchev–Trinajstić information content (AvgIpc) is 3.13. The number of benzene rings is 3. The van der Waals surface area contributed by atoms with Crippen molar-refractivity contribution < 1.29 is 19.1 Å². The van der Waals surface area contributed by atoms with Crippen molar-refractivity contribution in [2.75, 3.05) is 12.4 Å². The molecule has 1 heterocycles. The number of thioether (sulfide) groups is 1. The number of carbonyl (C=O) groups excluding carboxylic acids is 2. The van der Waals surface area contributed by atoms with E-state index in [1.807, 2.05) is 37.3 Å². The van der Waals surface area contributed by atoms with Crippen LogP contribution < -0.4 is 20.2 Å². The summed E-state index contributed by atoms with van der Waals surface area (Å²) in [5.41, 5.74) is 5.81. The molecule has 4 rings (SSSR count). The molecule has 0 aromatic heterocycles. The number of nitrogens with one attached hydrogen (secondary N) is 2. The lowest BCUT2D eigenvalue weighted by Crippen LogP contribution is -2.46. The minimum atomic E-state index is -0.660. The normalized spacial score (nSPS) is 14.1. The van der Waals surface area contributed by atoms with Gasteiger partial charge in [0, 0.05) is 5.69 Å².